The van der Waals surface area contributed by atoms with Gasteiger partial charge in [0.25, 0.3) is 0 Å². The zero-order chi connectivity index (χ0) is 15.6. The molecule has 5 heteroatoms. The van der Waals surface area contributed by atoms with Gasteiger partial charge in [-0.25, -0.2) is 8.78 Å². The molecule has 0 aromatic heterocycles. The van der Waals surface area contributed by atoms with Crippen LogP contribution < -0.4 is 5.73 Å². The van der Waals surface area contributed by atoms with Crippen LogP contribution in [0, 0.1) is 18.6 Å². The molecule has 2 aromatic rings. The summed E-state index contributed by atoms with van der Waals surface area (Å²) in [7, 11) is 0. The van der Waals surface area contributed by atoms with Gasteiger partial charge in [-0.15, -0.1) is 0 Å². The van der Waals surface area contributed by atoms with Crippen molar-refractivity contribution in [1.82, 2.24) is 0 Å². The molecule has 0 saturated carbocycles. The number of hydrogen-bond donors (Lipinski definition) is 2. The lowest BCUT2D eigenvalue weighted by Gasteiger charge is -2.24. The smallest absolute Gasteiger partial charge is 0.126 e. The summed E-state index contributed by atoms with van der Waals surface area (Å²) in [4.78, 5) is 0. The van der Waals surface area contributed by atoms with Gasteiger partial charge >= 0.3 is 0 Å². The minimum atomic E-state index is -0.991. The van der Waals surface area contributed by atoms with Crippen LogP contribution in [0.3, 0.4) is 0 Å². The van der Waals surface area contributed by atoms with E-state index in [1.165, 1.54) is 12.1 Å². The van der Waals surface area contributed by atoms with Gasteiger partial charge in [0.2, 0.25) is 0 Å². The highest BCUT2D eigenvalue weighted by molar-refractivity contribution is 6.31. The van der Waals surface area contributed by atoms with Gasteiger partial charge in [-0.05, 0) is 41.8 Å². The Morgan fingerprint density at radius 2 is 1.81 bits per heavy atom. The molecule has 21 heavy (non-hydrogen) atoms. The van der Waals surface area contributed by atoms with E-state index in [9.17, 15) is 13.9 Å². The highest BCUT2D eigenvalue weighted by Gasteiger charge is 2.24. The highest BCUT2D eigenvalue weighted by atomic mass is 35.5. The van der Waals surface area contributed by atoms with E-state index in [0.717, 1.165) is 11.6 Å². The summed E-state index contributed by atoms with van der Waals surface area (Å²) < 4.78 is 26.7. The molecule has 0 spiro atoms. The first-order valence-corrected chi connectivity index (χ1v) is 6.91. The summed E-state index contributed by atoms with van der Waals surface area (Å²) in [6, 6.07) is 8.31. The maximum atomic E-state index is 13.4. The average molecular weight is 312 g/mol. The Morgan fingerprint density at radius 3 is 2.38 bits per heavy atom. The first-order valence-electron chi connectivity index (χ1n) is 6.53. The standard InChI is InChI=1S/C16H16ClF2NO/c1-9-13(3-2-4-15(9)17)16(21)14(8-20)10-5-11(18)7-12(19)6-10/h2-7,14,16,21H,8,20H2,1H3. The summed E-state index contributed by atoms with van der Waals surface area (Å²) in [5, 5.41) is 11.1. The van der Waals surface area contributed by atoms with E-state index < -0.39 is 23.7 Å². The molecule has 3 N–H and O–H groups in total. The monoisotopic (exact) mass is 311 g/mol. The Morgan fingerprint density at radius 1 is 1.19 bits per heavy atom. The number of halogens is 3. The predicted molar refractivity (Wildman–Crippen MR) is 79.3 cm³/mol. The van der Waals surface area contributed by atoms with Gasteiger partial charge in [-0.3, -0.25) is 0 Å². The average Bonchev–Trinajstić information content (AvgIpc) is 2.41. The Bertz CT molecular complexity index is 628. The van der Waals surface area contributed by atoms with E-state index in [-0.39, 0.29) is 6.54 Å². The van der Waals surface area contributed by atoms with Crippen molar-refractivity contribution in [2.45, 2.75) is 18.9 Å². The Balaban J connectivity index is 2.43. The van der Waals surface area contributed by atoms with Crippen molar-refractivity contribution in [2.24, 2.45) is 5.73 Å². The zero-order valence-electron chi connectivity index (χ0n) is 11.5. The van der Waals surface area contributed by atoms with Gasteiger partial charge in [-0.1, -0.05) is 23.7 Å². The van der Waals surface area contributed by atoms with Crippen LogP contribution in [0.2, 0.25) is 5.02 Å². The van der Waals surface area contributed by atoms with E-state index >= 15 is 0 Å². The van der Waals surface area contributed by atoms with E-state index in [0.29, 0.717) is 16.1 Å². The van der Waals surface area contributed by atoms with Crippen molar-refractivity contribution < 1.29 is 13.9 Å². The number of rotatable bonds is 4. The lowest BCUT2D eigenvalue weighted by molar-refractivity contribution is 0.146. The number of aliphatic hydroxyl groups excluding tert-OH is 1. The fourth-order valence-electron chi connectivity index (χ4n) is 2.40. The lowest BCUT2D eigenvalue weighted by atomic mass is 9.87. The summed E-state index contributed by atoms with van der Waals surface area (Å²) in [5.41, 5.74) is 7.34. The molecule has 0 aliphatic rings. The summed E-state index contributed by atoms with van der Waals surface area (Å²) in [6.07, 6.45) is -0.991. The van der Waals surface area contributed by atoms with E-state index in [1.807, 2.05) is 0 Å². The fraction of sp³-hybridized carbons (Fsp3) is 0.250. The van der Waals surface area contributed by atoms with E-state index in [2.05, 4.69) is 0 Å². The molecule has 0 aliphatic heterocycles. The third kappa shape index (κ3) is 3.40. The van der Waals surface area contributed by atoms with Crippen molar-refractivity contribution in [3.8, 4) is 0 Å². The van der Waals surface area contributed by atoms with Gasteiger partial charge in [0.1, 0.15) is 11.6 Å². The molecule has 0 amide bonds. The van der Waals surface area contributed by atoms with Gasteiger partial charge in [0.05, 0.1) is 6.10 Å². The molecular formula is C16H16ClF2NO. The SMILES string of the molecule is Cc1c(Cl)cccc1C(O)C(CN)c1cc(F)cc(F)c1. The maximum absolute atomic E-state index is 13.4. The molecule has 2 unspecified atom stereocenters. The quantitative estimate of drug-likeness (QED) is 0.904. The number of aliphatic hydroxyl groups is 1. The predicted octanol–water partition coefficient (Wildman–Crippen LogP) is 3.70. The van der Waals surface area contributed by atoms with E-state index in [1.54, 1.807) is 25.1 Å². The number of nitrogens with two attached hydrogens (primary N) is 1. The van der Waals surface area contributed by atoms with Gasteiger partial charge in [0, 0.05) is 23.6 Å². The van der Waals surface area contributed by atoms with Crippen LogP contribution in [0.5, 0.6) is 0 Å². The molecule has 2 aromatic carbocycles. The van der Waals surface area contributed by atoms with Crippen molar-refractivity contribution in [1.29, 1.82) is 0 Å². The van der Waals surface area contributed by atoms with Crippen LogP contribution in [-0.4, -0.2) is 11.7 Å². The van der Waals surface area contributed by atoms with Crippen molar-refractivity contribution in [2.75, 3.05) is 6.54 Å². The molecule has 2 atom stereocenters. The maximum Gasteiger partial charge on any atom is 0.126 e. The zero-order valence-corrected chi connectivity index (χ0v) is 12.2. The molecule has 0 aliphatic carbocycles. The second-order valence-electron chi connectivity index (χ2n) is 4.94. The summed E-state index contributed by atoms with van der Waals surface area (Å²) in [5.74, 6) is -2.01. The highest BCUT2D eigenvalue weighted by Crippen LogP contribution is 2.34. The van der Waals surface area contributed by atoms with Crippen molar-refractivity contribution >= 4 is 11.6 Å². The molecule has 0 bridgehead atoms. The lowest BCUT2D eigenvalue weighted by Crippen LogP contribution is -2.21. The van der Waals surface area contributed by atoms with Gasteiger partial charge in [-0.2, -0.15) is 0 Å². The normalized spacial score (nSPS) is 14.0. The minimum absolute atomic E-state index is 0.0516. The van der Waals surface area contributed by atoms with Crippen LogP contribution in [0.4, 0.5) is 8.78 Å². The summed E-state index contributed by atoms with van der Waals surface area (Å²) in [6.45, 7) is 1.83. The second kappa shape index (κ2) is 6.52. The molecule has 2 nitrogen and oxygen atoms in total. The van der Waals surface area contributed by atoms with Crippen LogP contribution in [-0.2, 0) is 0 Å². The Kier molecular flexibility index (Phi) is 4.93. The molecule has 0 heterocycles. The van der Waals surface area contributed by atoms with Crippen LogP contribution in [0.25, 0.3) is 0 Å². The molecule has 0 saturated heterocycles. The van der Waals surface area contributed by atoms with Crippen LogP contribution in [0.1, 0.15) is 28.7 Å². The third-order valence-electron chi connectivity index (χ3n) is 3.58. The number of benzene rings is 2. The Labute approximate surface area is 127 Å². The molecular weight excluding hydrogens is 296 g/mol. The van der Waals surface area contributed by atoms with Gasteiger partial charge in [0.15, 0.2) is 0 Å². The molecule has 2 rings (SSSR count). The van der Waals surface area contributed by atoms with Crippen LogP contribution >= 0.6 is 11.6 Å². The third-order valence-corrected chi connectivity index (χ3v) is 3.99. The van der Waals surface area contributed by atoms with Gasteiger partial charge < -0.3 is 10.8 Å². The largest absolute Gasteiger partial charge is 0.388 e. The second-order valence-corrected chi connectivity index (χ2v) is 5.35. The first-order chi connectivity index (χ1) is 9.93. The van der Waals surface area contributed by atoms with Crippen molar-refractivity contribution in [3.63, 3.8) is 0 Å². The molecule has 0 fully saturated rings. The Hall–Kier alpha value is -1.49. The topological polar surface area (TPSA) is 46.2 Å². The summed E-state index contributed by atoms with van der Waals surface area (Å²) >= 11 is 6.04. The molecule has 0 radical (unpaired) electrons. The van der Waals surface area contributed by atoms with Crippen LogP contribution in [0.15, 0.2) is 36.4 Å². The molecule has 112 valence electrons. The fourth-order valence-corrected chi connectivity index (χ4v) is 2.58. The van der Waals surface area contributed by atoms with E-state index in [4.69, 9.17) is 17.3 Å². The first kappa shape index (κ1) is 15.9. The van der Waals surface area contributed by atoms with Crippen molar-refractivity contribution in [3.05, 3.63) is 69.7 Å². The minimum Gasteiger partial charge on any atom is -0.388 e. The number of hydrogen-bond acceptors (Lipinski definition) is 2.